The Balaban J connectivity index is 0.000000239. The van der Waals surface area contributed by atoms with E-state index < -0.39 is 8.32 Å². The minimum atomic E-state index is -1.72. The van der Waals surface area contributed by atoms with Crippen LogP contribution < -0.4 is 0 Å². The van der Waals surface area contributed by atoms with Gasteiger partial charge in [-0.1, -0.05) is 27.2 Å². The SMILES string of the molecule is COC(=O)C1CCCC(O[Si](C)(C)C(C)(C)C)C1.O=C1OC2CCCC1C2. The first-order valence-corrected chi connectivity index (χ1v) is 13.4. The maximum atomic E-state index is 11.6. The van der Waals surface area contributed by atoms with Gasteiger partial charge in [0.25, 0.3) is 0 Å². The molecule has 5 nitrogen and oxygen atoms in total. The largest absolute Gasteiger partial charge is 0.469 e. The number of methoxy groups -OCH3 is 1. The summed E-state index contributed by atoms with van der Waals surface area (Å²) in [4.78, 5) is 22.4. The average Bonchev–Trinajstić information content (AvgIpc) is 2.85. The Hall–Kier alpha value is -0.883. The number of esters is 2. The van der Waals surface area contributed by atoms with E-state index in [1.807, 2.05) is 0 Å². The highest BCUT2D eigenvalue weighted by Crippen LogP contribution is 2.40. The molecule has 0 spiro atoms. The lowest BCUT2D eigenvalue weighted by atomic mass is 9.87. The molecule has 2 bridgehead atoms. The molecule has 156 valence electrons. The molecule has 0 radical (unpaired) electrons. The Morgan fingerprint density at radius 3 is 2.30 bits per heavy atom. The minimum Gasteiger partial charge on any atom is -0.469 e. The van der Waals surface area contributed by atoms with E-state index in [0.29, 0.717) is 0 Å². The van der Waals surface area contributed by atoms with Gasteiger partial charge in [0.1, 0.15) is 6.10 Å². The number of carbonyl (C=O) groups is 2. The molecule has 0 aromatic carbocycles. The fraction of sp³-hybridized carbons (Fsp3) is 0.905. The van der Waals surface area contributed by atoms with Gasteiger partial charge < -0.3 is 13.9 Å². The second-order valence-electron chi connectivity index (χ2n) is 9.81. The van der Waals surface area contributed by atoms with Crippen molar-refractivity contribution in [2.24, 2.45) is 11.8 Å². The Bertz CT molecular complexity index is 525. The standard InChI is InChI=1S/C14H28O3Si.C7H10O2/c1-14(2,3)18(5,6)17-12-9-7-8-11(10-12)13(15)16-4;8-7-5-2-1-3-6(4-5)9-7/h11-12H,7-10H2,1-6H3;5-6H,1-4H2. The molecule has 2 aliphatic carbocycles. The van der Waals surface area contributed by atoms with Crippen LogP contribution in [0, 0.1) is 11.8 Å². The zero-order valence-electron chi connectivity index (χ0n) is 18.0. The van der Waals surface area contributed by atoms with Crippen molar-refractivity contribution in [3.05, 3.63) is 0 Å². The van der Waals surface area contributed by atoms with Crippen molar-refractivity contribution in [2.45, 2.75) is 102 Å². The first-order valence-electron chi connectivity index (χ1n) is 10.5. The fourth-order valence-corrected chi connectivity index (χ4v) is 5.35. The molecule has 0 amide bonds. The number of ether oxygens (including phenoxy) is 2. The van der Waals surface area contributed by atoms with Gasteiger partial charge in [-0.05, 0) is 63.1 Å². The molecule has 1 heterocycles. The second-order valence-corrected chi connectivity index (χ2v) is 14.6. The van der Waals surface area contributed by atoms with E-state index >= 15 is 0 Å². The summed E-state index contributed by atoms with van der Waals surface area (Å²) in [6.07, 6.45) is 8.81. The van der Waals surface area contributed by atoms with Crippen molar-refractivity contribution < 1.29 is 23.5 Å². The van der Waals surface area contributed by atoms with Crippen LogP contribution in [-0.2, 0) is 23.5 Å². The van der Waals surface area contributed by atoms with Crippen LogP contribution in [0.25, 0.3) is 0 Å². The molecule has 1 saturated heterocycles. The topological polar surface area (TPSA) is 61.8 Å². The predicted molar refractivity (Wildman–Crippen MR) is 108 cm³/mol. The van der Waals surface area contributed by atoms with Crippen molar-refractivity contribution >= 4 is 20.3 Å². The molecule has 1 aliphatic heterocycles. The third-order valence-corrected chi connectivity index (χ3v) is 11.2. The fourth-order valence-electron chi connectivity index (χ4n) is 3.95. The average molecular weight is 399 g/mol. The second kappa shape index (κ2) is 9.08. The number of rotatable bonds is 3. The van der Waals surface area contributed by atoms with Gasteiger partial charge in [-0.25, -0.2) is 0 Å². The van der Waals surface area contributed by atoms with Crippen LogP contribution in [0.15, 0.2) is 0 Å². The number of carbonyl (C=O) groups excluding carboxylic acids is 2. The summed E-state index contributed by atoms with van der Waals surface area (Å²) in [6, 6.07) is 0. The van der Waals surface area contributed by atoms with Crippen LogP contribution in [-0.4, -0.2) is 39.6 Å². The smallest absolute Gasteiger partial charge is 0.309 e. The quantitative estimate of drug-likeness (QED) is 0.503. The van der Waals surface area contributed by atoms with E-state index in [-0.39, 0.29) is 41.0 Å². The maximum absolute atomic E-state index is 11.6. The highest BCUT2D eigenvalue weighted by Gasteiger charge is 2.41. The van der Waals surface area contributed by atoms with Crippen LogP contribution in [0.2, 0.25) is 18.1 Å². The summed E-state index contributed by atoms with van der Waals surface area (Å²) < 4.78 is 16.3. The lowest BCUT2D eigenvalue weighted by Crippen LogP contribution is -2.45. The highest BCUT2D eigenvalue weighted by atomic mass is 28.4. The van der Waals surface area contributed by atoms with Crippen LogP contribution in [0.4, 0.5) is 0 Å². The van der Waals surface area contributed by atoms with Crippen LogP contribution in [0.1, 0.15) is 72.1 Å². The molecule has 4 unspecified atom stereocenters. The summed E-state index contributed by atoms with van der Waals surface area (Å²) in [7, 11) is -0.246. The van der Waals surface area contributed by atoms with E-state index in [1.54, 1.807) is 0 Å². The van der Waals surface area contributed by atoms with Crippen molar-refractivity contribution in [3.63, 3.8) is 0 Å². The Labute approximate surface area is 165 Å². The molecule has 27 heavy (non-hydrogen) atoms. The van der Waals surface area contributed by atoms with Gasteiger partial charge in [0.05, 0.1) is 18.9 Å². The molecule has 4 atom stereocenters. The summed E-state index contributed by atoms with van der Waals surface area (Å²) in [5.41, 5.74) is 0. The number of hydrogen-bond acceptors (Lipinski definition) is 5. The van der Waals surface area contributed by atoms with Crippen LogP contribution in [0.3, 0.4) is 0 Å². The van der Waals surface area contributed by atoms with Crippen molar-refractivity contribution in [1.29, 1.82) is 0 Å². The van der Waals surface area contributed by atoms with Gasteiger partial charge >= 0.3 is 11.9 Å². The molecule has 3 fully saturated rings. The molecular weight excluding hydrogens is 360 g/mol. The third-order valence-electron chi connectivity index (χ3n) is 6.67. The molecule has 2 saturated carbocycles. The molecule has 0 aromatic rings. The third kappa shape index (κ3) is 6.05. The molecule has 0 aromatic heterocycles. The van der Waals surface area contributed by atoms with Crippen molar-refractivity contribution in [3.8, 4) is 0 Å². The van der Waals surface area contributed by atoms with Crippen LogP contribution in [0.5, 0.6) is 0 Å². The van der Waals surface area contributed by atoms with Gasteiger partial charge in [0, 0.05) is 6.10 Å². The van der Waals surface area contributed by atoms with E-state index in [9.17, 15) is 9.59 Å². The first-order chi connectivity index (χ1) is 12.5. The lowest BCUT2D eigenvalue weighted by molar-refractivity contribution is -0.147. The predicted octanol–water partition coefficient (Wildman–Crippen LogP) is 4.84. The Morgan fingerprint density at radius 2 is 1.74 bits per heavy atom. The summed E-state index contributed by atoms with van der Waals surface area (Å²) in [5, 5.41) is 0.227. The summed E-state index contributed by atoms with van der Waals surface area (Å²) in [5.74, 6) is 0.290. The summed E-state index contributed by atoms with van der Waals surface area (Å²) >= 11 is 0. The zero-order chi connectivity index (χ0) is 20.2. The molecule has 0 N–H and O–H groups in total. The van der Waals surface area contributed by atoms with E-state index in [1.165, 1.54) is 13.5 Å². The zero-order valence-corrected chi connectivity index (χ0v) is 19.0. The van der Waals surface area contributed by atoms with Crippen molar-refractivity contribution in [2.75, 3.05) is 7.11 Å². The first kappa shape index (κ1) is 22.4. The molecule has 6 heteroatoms. The normalized spacial score (nSPS) is 30.8. The van der Waals surface area contributed by atoms with Crippen LogP contribution >= 0.6 is 0 Å². The van der Waals surface area contributed by atoms with Gasteiger partial charge in [0.2, 0.25) is 0 Å². The van der Waals surface area contributed by atoms with Gasteiger partial charge in [-0.3, -0.25) is 9.59 Å². The molecule has 3 rings (SSSR count). The van der Waals surface area contributed by atoms with E-state index in [0.717, 1.165) is 44.9 Å². The Morgan fingerprint density at radius 1 is 1.07 bits per heavy atom. The van der Waals surface area contributed by atoms with Gasteiger partial charge in [-0.2, -0.15) is 0 Å². The van der Waals surface area contributed by atoms with E-state index in [2.05, 4.69) is 33.9 Å². The van der Waals surface area contributed by atoms with Gasteiger partial charge in [0.15, 0.2) is 8.32 Å². The lowest BCUT2D eigenvalue weighted by Gasteiger charge is -2.41. The highest BCUT2D eigenvalue weighted by molar-refractivity contribution is 6.74. The summed E-state index contributed by atoms with van der Waals surface area (Å²) in [6.45, 7) is 11.3. The number of hydrogen-bond donors (Lipinski definition) is 0. The Kier molecular flexibility index (Phi) is 7.53. The minimum absolute atomic E-state index is 0.0403. The molecule has 3 aliphatic rings. The monoisotopic (exact) mass is 398 g/mol. The van der Waals surface area contributed by atoms with Crippen molar-refractivity contribution in [1.82, 2.24) is 0 Å². The van der Waals surface area contributed by atoms with E-state index in [4.69, 9.17) is 13.9 Å². The van der Waals surface area contributed by atoms with Gasteiger partial charge in [-0.15, -0.1) is 0 Å². The maximum Gasteiger partial charge on any atom is 0.309 e. The number of fused-ring (bicyclic) bond motifs is 2. The molecular formula is C21H38O5Si.